The number of carbonyl (C=O) groups is 2. The first-order chi connectivity index (χ1) is 14.3. The molecule has 0 aliphatic heterocycles. The fourth-order valence-corrected chi connectivity index (χ4v) is 2.65. The molecular formula is C20H24N4O6. The van der Waals surface area contributed by atoms with Crippen molar-refractivity contribution in [1.29, 1.82) is 0 Å². The largest absolute Gasteiger partial charge is 0.495 e. The van der Waals surface area contributed by atoms with Crippen LogP contribution in [0.2, 0.25) is 0 Å². The second-order valence-corrected chi connectivity index (χ2v) is 6.32. The van der Waals surface area contributed by atoms with Gasteiger partial charge in [-0.25, -0.2) is 4.79 Å². The number of carbonyl (C=O) groups excluding carboxylic acids is 2. The molecular weight excluding hydrogens is 392 g/mol. The molecule has 0 aliphatic carbocycles. The first-order valence-electron chi connectivity index (χ1n) is 9.20. The van der Waals surface area contributed by atoms with E-state index in [1.165, 1.54) is 25.3 Å². The maximum Gasteiger partial charge on any atom is 0.411 e. The van der Waals surface area contributed by atoms with Crippen molar-refractivity contribution in [2.75, 3.05) is 29.7 Å². The summed E-state index contributed by atoms with van der Waals surface area (Å²) in [6.45, 7) is 5.39. The van der Waals surface area contributed by atoms with Gasteiger partial charge >= 0.3 is 6.09 Å². The van der Waals surface area contributed by atoms with Crippen molar-refractivity contribution >= 4 is 34.7 Å². The molecule has 1 unspecified atom stereocenters. The molecule has 2 amide bonds. The zero-order chi connectivity index (χ0) is 22.3. The minimum absolute atomic E-state index is 0.166. The van der Waals surface area contributed by atoms with E-state index in [0.717, 1.165) is 5.56 Å². The third-order valence-electron chi connectivity index (χ3n) is 4.26. The van der Waals surface area contributed by atoms with Gasteiger partial charge in [0.05, 0.1) is 24.3 Å². The van der Waals surface area contributed by atoms with Crippen molar-refractivity contribution in [1.82, 2.24) is 0 Å². The maximum atomic E-state index is 12.6. The van der Waals surface area contributed by atoms with Crippen molar-refractivity contribution in [3.05, 3.63) is 52.1 Å². The molecule has 2 aromatic rings. The van der Waals surface area contributed by atoms with E-state index in [0.29, 0.717) is 17.1 Å². The van der Waals surface area contributed by atoms with Gasteiger partial charge in [-0.3, -0.25) is 20.2 Å². The van der Waals surface area contributed by atoms with Crippen LogP contribution in [0, 0.1) is 17.0 Å². The van der Waals surface area contributed by atoms with E-state index >= 15 is 0 Å². The quantitative estimate of drug-likeness (QED) is 0.439. The van der Waals surface area contributed by atoms with Gasteiger partial charge in [0, 0.05) is 23.5 Å². The number of rotatable bonds is 8. The number of ether oxygens (including phenoxy) is 2. The smallest absolute Gasteiger partial charge is 0.411 e. The fraction of sp³-hybridized carbons (Fsp3) is 0.300. The van der Waals surface area contributed by atoms with E-state index in [1.807, 2.05) is 0 Å². The molecule has 2 rings (SSSR count). The Bertz CT molecular complexity index is 947. The molecule has 0 spiro atoms. The Balaban J connectivity index is 2.14. The Labute approximate surface area is 173 Å². The lowest BCUT2D eigenvalue weighted by Gasteiger charge is -2.19. The third kappa shape index (κ3) is 5.60. The number of hydrogen-bond donors (Lipinski definition) is 3. The Morgan fingerprint density at radius 3 is 2.47 bits per heavy atom. The molecule has 0 fully saturated rings. The normalized spacial score (nSPS) is 11.2. The van der Waals surface area contributed by atoms with Crippen LogP contribution in [0.15, 0.2) is 36.4 Å². The molecule has 1 atom stereocenters. The number of non-ortho nitro benzene ring substituents is 1. The standard InChI is InChI=1S/C20H24N4O6/c1-5-30-20(26)23-16-8-6-7-15(12(16)2)21-13(3)19(25)22-17-11-14(24(27)28)9-10-18(17)29-4/h6-11,13,21H,5H2,1-4H3,(H,22,25)(H,23,26). The number of nitrogens with one attached hydrogen (secondary N) is 3. The highest BCUT2D eigenvalue weighted by atomic mass is 16.6. The Hall–Kier alpha value is -3.82. The third-order valence-corrected chi connectivity index (χ3v) is 4.26. The monoisotopic (exact) mass is 416 g/mol. The number of nitrogens with zero attached hydrogens (tertiary/aromatic N) is 1. The van der Waals surface area contributed by atoms with Crippen LogP contribution in [0.4, 0.5) is 27.5 Å². The molecule has 2 aromatic carbocycles. The number of nitro groups is 1. The van der Waals surface area contributed by atoms with Crippen LogP contribution in [0.5, 0.6) is 5.75 Å². The van der Waals surface area contributed by atoms with Crippen LogP contribution < -0.4 is 20.7 Å². The van der Waals surface area contributed by atoms with Gasteiger partial charge in [-0.15, -0.1) is 0 Å². The number of amides is 2. The van der Waals surface area contributed by atoms with E-state index in [-0.39, 0.29) is 18.0 Å². The number of benzene rings is 2. The summed E-state index contributed by atoms with van der Waals surface area (Å²) in [5, 5.41) is 19.4. The first kappa shape index (κ1) is 22.5. The van der Waals surface area contributed by atoms with E-state index in [2.05, 4.69) is 16.0 Å². The maximum absolute atomic E-state index is 12.6. The van der Waals surface area contributed by atoms with Gasteiger partial charge in [0.25, 0.3) is 5.69 Å². The molecule has 30 heavy (non-hydrogen) atoms. The molecule has 0 radical (unpaired) electrons. The van der Waals surface area contributed by atoms with Gasteiger partial charge in [-0.1, -0.05) is 6.07 Å². The molecule has 0 saturated heterocycles. The van der Waals surface area contributed by atoms with Crippen LogP contribution in [0.25, 0.3) is 0 Å². The van der Waals surface area contributed by atoms with E-state index in [1.54, 1.807) is 39.0 Å². The van der Waals surface area contributed by atoms with E-state index < -0.39 is 23.0 Å². The number of anilines is 3. The Kier molecular flexibility index (Phi) is 7.56. The second kappa shape index (κ2) is 10.1. The summed E-state index contributed by atoms with van der Waals surface area (Å²) in [6.07, 6.45) is -0.568. The highest BCUT2D eigenvalue weighted by Crippen LogP contribution is 2.29. The molecule has 0 heterocycles. The van der Waals surface area contributed by atoms with Crippen LogP contribution in [-0.2, 0) is 9.53 Å². The van der Waals surface area contributed by atoms with Crippen LogP contribution >= 0.6 is 0 Å². The summed E-state index contributed by atoms with van der Waals surface area (Å²) < 4.78 is 10.0. The van der Waals surface area contributed by atoms with Crippen molar-refractivity contribution in [2.24, 2.45) is 0 Å². The van der Waals surface area contributed by atoms with Crippen LogP contribution in [0.3, 0.4) is 0 Å². The lowest BCUT2D eigenvalue weighted by molar-refractivity contribution is -0.384. The molecule has 3 N–H and O–H groups in total. The summed E-state index contributed by atoms with van der Waals surface area (Å²) in [7, 11) is 1.41. The van der Waals surface area contributed by atoms with Crippen LogP contribution in [0.1, 0.15) is 19.4 Å². The van der Waals surface area contributed by atoms with Gasteiger partial charge < -0.3 is 20.1 Å². The predicted octanol–water partition coefficient (Wildman–Crippen LogP) is 3.92. The van der Waals surface area contributed by atoms with Gasteiger partial charge in [-0.2, -0.15) is 0 Å². The zero-order valence-corrected chi connectivity index (χ0v) is 17.1. The predicted molar refractivity (Wildman–Crippen MR) is 113 cm³/mol. The van der Waals surface area contributed by atoms with E-state index in [4.69, 9.17) is 9.47 Å². The van der Waals surface area contributed by atoms with Gasteiger partial charge in [-0.05, 0) is 44.5 Å². The molecule has 160 valence electrons. The highest BCUT2D eigenvalue weighted by Gasteiger charge is 2.19. The molecule has 0 aromatic heterocycles. The fourth-order valence-electron chi connectivity index (χ4n) is 2.65. The van der Waals surface area contributed by atoms with Gasteiger partial charge in [0.1, 0.15) is 11.8 Å². The Morgan fingerprint density at radius 1 is 1.13 bits per heavy atom. The van der Waals surface area contributed by atoms with E-state index in [9.17, 15) is 19.7 Å². The summed E-state index contributed by atoms with van der Waals surface area (Å²) in [6, 6.07) is 8.47. The summed E-state index contributed by atoms with van der Waals surface area (Å²) >= 11 is 0. The first-order valence-corrected chi connectivity index (χ1v) is 9.20. The number of methoxy groups -OCH3 is 1. The minimum Gasteiger partial charge on any atom is -0.495 e. The lowest BCUT2D eigenvalue weighted by atomic mass is 10.1. The van der Waals surface area contributed by atoms with Gasteiger partial charge in [0.15, 0.2) is 0 Å². The van der Waals surface area contributed by atoms with Gasteiger partial charge in [0.2, 0.25) is 5.91 Å². The summed E-state index contributed by atoms with van der Waals surface area (Å²) in [4.78, 5) is 34.8. The molecule has 0 bridgehead atoms. The lowest BCUT2D eigenvalue weighted by Crippen LogP contribution is -2.32. The zero-order valence-electron chi connectivity index (χ0n) is 17.1. The van der Waals surface area contributed by atoms with Crippen molar-refractivity contribution in [3.8, 4) is 5.75 Å². The molecule has 10 nitrogen and oxygen atoms in total. The van der Waals surface area contributed by atoms with Crippen molar-refractivity contribution in [2.45, 2.75) is 26.8 Å². The SMILES string of the molecule is CCOC(=O)Nc1cccc(NC(C)C(=O)Nc2cc([N+](=O)[O-])ccc2OC)c1C. The molecule has 0 saturated carbocycles. The summed E-state index contributed by atoms with van der Waals surface area (Å²) in [5.74, 6) is -0.116. The second-order valence-electron chi connectivity index (χ2n) is 6.32. The molecule has 0 aliphatic rings. The minimum atomic E-state index is -0.689. The van der Waals surface area contributed by atoms with Crippen molar-refractivity contribution in [3.63, 3.8) is 0 Å². The average Bonchev–Trinajstić information content (AvgIpc) is 2.70. The topological polar surface area (TPSA) is 132 Å². The number of hydrogen-bond acceptors (Lipinski definition) is 7. The Morgan fingerprint density at radius 2 is 1.83 bits per heavy atom. The molecule has 10 heteroatoms. The number of nitro benzene ring substituents is 1. The van der Waals surface area contributed by atoms with Crippen molar-refractivity contribution < 1.29 is 24.0 Å². The van der Waals surface area contributed by atoms with Crippen LogP contribution in [-0.4, -0.2) is 36.7 Å². The highest BCUT2D eigenvalue weighted by molar-refractivity contribution is 5.98. The average molecular weight is 416 g/mol. The summed E-state index contributed by atoms with van der Waals surface area (Å²) in [5.41, 5.74) is 1.93.